The van der Waals surface area contributed by atoms with Crippen molar-refractivity contribution in [3.8, 4) is 0 Å². The van der Waals surface area contributed by atoms with Crippen LogP contribution in [0.1, 0.15) is 51.8 Å². The molecule has 1 atom stereocenters. The van der Waals surface area contributed by atoms with E-state index in [4.69, 9.17) is 0 Å². The molecule has 0 spiro atoms. The summed E-state index contributed by atoms with van der Waals surface area (Å²) in [5, 5.41) is 11.6. The van der Waals surface area contributed by atoms with E-state index < -0.39 is 0 Å². The Balaban J connectivity index is 1.44. The third-order valence-electron chi connectivity index (χ3n) is 5.78. The van der Waals surface area contributed by atoms with Gasteiger partial charge in [0.25, 0.3) is 5.91 Å². The van der Waals surface area contributed by atoms with E-state index in [1.54, 1.807) is 11.3 Å². The quantitative estimate of drug-likeness (QED) is 0.860. The predicted molar refractivity (Wildman–Crippen MR) is 107 cm³/mol. The van der Waals surface area contributed by atoms with E-state index in [2.05, 4.69) is 28.9 Å². The lowest BCUT2D eigenvalue weighted by atomic mass is 10.0. The van der Waals surface area contributed by atoms with Crippen LogP contribution in [0.5, 0.6) is 0 Å². The van der Waals surface area contributed by atoms with Gasteiger partial charge in [-0.25, -0.2) is 0 Å². The number of fused-ring (bicyclic) bond motifs is 1. The Bertz CT molecular complexity index is 802. The summed E-state index contributed by atoms with van der Waals surface area (Å²) in [6.45, 7) is 5.65. The number of hydrogen-bond donors (Lipinski definition) is 1. The Kier molecular flexibility index (Phi) is 5.57. The monoisotopic (exact) mass is 385 g/mol. The molecule has 1 fully saturated rings. The van der Waals surface area contributed by atoms with Crippen molar-refractivity contribution in [3.63, 3.8) is 0 Å². The molecule has 0 bridgehead atoms. The molecule has 0 radical (unpaired) electrons. The summed E-state index contributed by atoms with van der Waals surface area (Å²) in [5.41, 5.74) is 4.45. The fourth-order valence-corrected chi connectivity index (χ4v) is 5.24. The Morgan fingerprint density at radius 2 is 2.26 bits per heavy atom. The van der Waals surface area contributed by atoms with E-state index in [9.17, 15) is 9.90 Å². The van der Waals surface area contributed by atoms with Crippen LogP contribution in [0.25, 0.3) is 0 Å². The normalized spacial score (nSPS) is 20.1. The zero-order chi connectivity index (χ0) is 18.8. The predicted octanol–water partition coefficient (Wildman–Crippen LogP) is 2.86. The Morgan fingerprint density at radius 3 is 3.00 bits per heavy atom. The van der Waals surface area contributed by atoms with Crippen LogP contribution in [0.3, 0.4) is 0 Å². The van der Waals surface area contributed by atoms with Crippen molar-refractivity contribution in [2.45, 2.75) is 51.7 Å². The first-order valence-electron chi connectivity index (χ1n) is 9.86. The SMILES string of the molecule is CCc1ccc(CN2CCc3c(C(=O)N4CCC[C@@H]4CO)csc3C2)nc1. The molecule has 144 valence electrons. The minimum Gasteiger partial charge on any atom is -0.394 e. The first kappa shape index (κ1) is 18.6. The highest BCUT2D eigenvalue weighted by molar-refractivity contribution is 7.10. The summed E-state index contributed by atoms with van der Waals surface area (Å²) < 4.78 is 0. The largest absolute Gasteiger partial charge is 0.394 e. The second-order valence-electron chi connectivity index (χ2n) is 7.50. The Labute approximate surface area is 164 Å². The summed E-state index contributed by atoms with van der Waals surface area (Å²) in [5.74, 6) is 0.106. The van der Waals surface area contributed by atoms with Crippen molar-refractivity contribution in [1.82, 2.24) is 14.8 Å². The second kappa shape index (κ2) is 8.09. The third-order valence-corrected chi connectivity index (χ3v) is 6.80. The molecular formula is C21H27N3O2S. The highest BCUT2D eigenvalue weighted by Gasteiger charge is 2.32. The molecule has 2 aliphatic heterocycles. The van der Waals surface area contributed by atoms with E-state index in [0.717, 1.165) is 63.1 Å². The van der Waals surface area contributed by atoms with Gasteiger partial charge in [0.1, 0.15) is 0 Å². The van der Waals surface area contributed by atoms with Gasteiger partial charge in [-0.2, -0.15) is 0 Å². The number of aromatic nitrogens is 1. The molecule has 0 saturated carbocycles. The van der Waals surface area contributed by atoms with E-state index in [1.165, 1.54) is 16.0 Å². The van der Waals surface area contributed by atoms with Gasteiger partial charge in [-0.1, -0.05) is 13.0 Å². The first-order valence-corrected chi connectivity index (χ1v) is 10.7. The van der Waals surface area contributed by atoms with E-state index in [-0.39, 0.29) is 18.6 Å². The summed E-state index contributed by atoms with van der Waals surface area (Å²) >= 11 is 1.70. The van der Waals surface area contributed by atoms with Crippen molar-refractivity contribution < 1.29 is 9.90 Å². The fraction of sp³-hybridized carbons (Fsp3) is 0.524. The Morgan fingerprint density at radius 1 is 1.37 bits per heavy atom. The number of aliphatic hydroxyl groups excluding tert-OH is 1. The van der Waals surface area contributed by atoms with Gasteiger partial charge in [0.15, 0.2) is 0 Å². The molecule has 1 amide bonds. The van der Waals surface area contributed by atoms with Crippen LogP contribution in [0.2, 0.25) is 0 Å². The van der Waals surface area contributed by atoms with Gasteiger partial charge < -0.3 is 10.0 Å². The highest BCUT2D eigenvalue weighted by Crippen LogP contribution is 2.31. The number of carbonyl (C=O) groups is 1. The van der Waals surface area contributed by atoms with Gasteiger partial charge in [-0.05, 0) is 42.9 Å². The Hall–Kier alpha value is -1.76. The van der Waals surface area contributed by atoms with Crippen molar-refractivity contribution in [2.24, 2.45) is 0 Å². The second-order valence-corrected chi connectivity index (χ2v) is 8.46. The molecule has 0 aromatic carbocycles. The standard InChI is InChI=1S/C21H27N3O2S/c1-2-15-5-6-16(22-10-15)11-23-9-7-18-19(14-27-20(18)12-23)21(26)24-8-3-4-17(24)13-25/h5-6,10,14,17,25H,2-4,7-9,11-13H2,1H3/t17-/m1/s1. The number of likely N-dealkylation sites (tertiary alicyclic amines) is 1. The fourth-order valence-electron chi connectivity index (χ4n) is 4.13. The lowest BCUT2D eigenvalue weighted by Gasteiger charge is -2.28. The van der Waals surface area contributed by atoms with Crippen LogP contribution in [0.15, 0.2) is 23.7 Å². The molecule has 1 N–H and O–H groups in total. The summed E-state index contributed by atoms with van der Waals surface area (Å²) in [6, 6.07) is 4.28. The molecule has 0 aliphatic carbocycles. The van der Waals surface area contributed by atoms with E-state index in [1.807, 2.05) is 16.5 Å². The topological polar surface area (TPSA) is 56.7 Å². The van der Waals surface area contributed by atoms with E-state index >= 15 is 0 Å². The molecule has 4 rings (SSSR count). The van der Waals surface area contributed by atoms with Gasteiger partial charge >= 0.3 is 0 Å². The molecule has 2 aromatic heterocycles. The number of nitrogens with zero attached hydrogens (tertiary/aromatic N) is 3. The molecule has 0 unspecified atom stereocenters. The molecule has 2 aromatic rings. The van der Waals surface area contributed by atoms with Crippen LogP contribution in [0.4, 0.5) is 0 Å². The van der Waals surface area contributed by atoms with Crippen LogP contribution < -0.4 is 0 Å². The lowest BCUT2D eigenvalue weighted by molar-refractivity contribution is 0.0676. The van der Waals surface area contributed by atoms with E-state index in [0.29, 0.717) is 0 Å². The summed E-state index contributed by atoms with van der Waals surface area (Å²) in [4.78, 5) is 23.1. The molecule has 5 nitrogen and oxygen atoms in total. The van der Waals surface area contributed by atoms with Gasteiger partial charge in [0.05, 0.1) is 23.9 Å². The van der Waals surface area contributed by atoms with Crippen molar-refractivity contribution in [1.29, 1.82) is 0 Å². The first-order chi connectivity index (χ1) is 13.2. The van der Waals surface area contributed by atoms with Crippen LogP contribution in [0, 0.1) is 0 Å². The summed E-state index contributed by atoms with van der Waals surface area (Å²) in [7, 11) is 0. The number of rotatable bonds is 5. The molecule has 2 aliphatic rings. The maximum Gasteiger partial charge on any atom is 0.255 e. The van der Waals surface area contributed by atoms with Crippen molar-refractivity contribution >= 4 is 17.2 Å². The maximum atomic E-state index is 13.0. The zero-order valence-corrected chi connectivity index (χ0v) is 16.7. The molecule has 27 heavy (non-hydrogen) atoms. The van der Waals surface area contributed by atoms with Crippen molar-refractivity contribution in [3.05, 3.63) is 51.0 Å². The minimum atomic E-state index is -0.00898. The third kappa shape index (κ3) is 3.79. The summed E-state index contributed by atoms with van der Waals surface area (Å²) in [6.07, 6.45) is 5.79. The molecule has 6 heteroatoms. The molecule has 1 saturated heterocycles. The van der Waals surface area contributed by atoms with Gasteiger partial charge in [0, 0.05) is 42.6 Å². The number of amides is 1. The minimum absolute atomic E-state index is 0.00898. The average Bonchev–Trinajstić information content (AvgIpc) is 3.34. The number of carbonyl (C=O) groups excluding carboxylic acids is 1. The average molecular weight is 386 g/mol. The highest BCUT2D eigenvalue weighted by atomic mass is 32.1. The number of thiophene rings is 1. The maximum absolute atomic E-state index is 13.0. The van der Waals surface area contributed by atoms with Crippen LogP contribution in [-0.2, 0) is 25.9 Å². The zero-order valence-electron chi connectivity index (χ0n) is 15.9. The lowest BCUT2D eigenvalue weighted by Crippen LogP contribution is -2.38. The molecule has 4 heterocycles. The van der Waals surface area contributed by atoms with Gasteiger partial charge in [-0.3, -0.25) is 14.7 Å². The van der Waals surface area contributed by atoms with Crippen LogP contribution >= 0.6 is 11.3 Å². The van der Waals surface area contributed by atoms with Crippen LogP contribution in [-0.4, -0.2) is 51.5 Å². The number of hydrogen-bond acceptors (Lipinski definition) is 5. The van der Waals surface area contributed by atoms with Crippen molar-refractivity contribution in [2.75, 3.05) is 19.7 Å². The smallest absolute Gasteiger partial charge is 0.255 e. The number of aliphatic hydroxyl groups is 1. The number of aryl methyl sites for hydroxylation is 1. The van der Waals surface area contributed by atoms with Gasteiger partial charge in [-0.15, -0.1) is 11.3 Å². The molecular weight excluding hydrogens is 358 g/mol. The number of pyridine rings is 1. The van der Waals surface area contributed by atoms with Gasteiger partial charge in [0.2, 0.25) is 0 Å².